The molecule has 0 unspecified atom stereocenters. The molecule has 1 aliphatic rings. The van der Waals surface area contributed by atoms with Crippen molar-refractivity contribution in [3.63, 3.8) is 0 Å². The van der Waals surface area contributed by atoms with Crippen molar-refractivity contribution < 1.29 is 0 Å². The quantitative estimate of drug-likeness (QED) is 0.766. The minimum Gasteiger partial charge on any atom is -0.331 e. The molecule has 19 heavy (non-hydrogen) atoms. The zero-order valence-electron chi connectivity index (χ0n) is 11.5. The van der Waals surface area contributed by atoms with Gasteiger partial charge in [-0.05, 0) is 63.9 Å². The van der Waals surface area contributed by atoms with E-state index in [0.717, 1.165) is 12.1 Å². The van der Waals surface area contributed by atoms with Crippen LogP contribution in [0.4, 0.5) is 0 Å². The Kier molecular flexibility index (Phi) is 4.13. The summed E-state index contributed by atoms with van der Waals surface area (Å²) in [5.74, 6) is 0. The van der Waals surface area contributed by atoms with E-state index in [1.165, 1.54) is 50.8 Å². The summed E-state index contributed by atoms with van der Waals surface area (Å²) in [5.41, 5.74) is 2.36. The fourth-order valence-electron chi connectivity index (χ4n) is 2.83. The summed E-state index contributed by atoms with van der Waals surface area (Å²) in [5, 5.41) is 0. The third-order valence-electron chi connectivity index (χ3n) is 3.95. The first kappa shape index (κ1) is 12.7. The van der Waals surface area contributed by atoms with Crippen LogP contribution in [0.15, 0.2) is 30.6 Å². The highest BCUT2D eigenvalue weighted by molar-refractivity contribution is 5.74. The van der Waals surface area contributed by atoms with Crippen LogP contribution in [0, 0.1) is 6.42 Å². The van der Waals surface area contributed by atoms with Crippen molar-refractivity contribution in [1.29, 1.82) is 0 Å². The molecule has 1 radical (unpaired) electrons. The van der Waals surface area contributed by atoms with E-state index in [-0.39, 0.29) is 0 Å². The Balaban J connectivity index is 1.47. The predicted molar refractivity (Wildman–Crippen MR) is 78.9 cm³/mol. The number of likely N-dealkylation sites (tertiary alicyclic amines) is 1. The van der Waals surface area contributed by atoms with Gasteiger partial charge < -0.3 is 9.47 Å². The van der Waals surface area contributed by atoms with Gasteiger partial charge in [-0.2, -0.15) is 0 Å². The van der Waals surface area contributed by atoms with Gasteiger partial charge in [-0.15, -0.1) is 0 Å². The van der Waals surface area contributed by atoms with Gasteiger partial charge in [0.15, 0.2) is 0 Å². The number of nitrogens with zero attached hydrogens (tertiary/aromatic N) is 3. The Hall–Kier alpha value is -1.35. The van der Waals surface area contributed by atoms with E-state index in [0.29, 0.717) is 0 Å². The van der Waals surface area contributed by atoms with Gasteiger partial charge in [0, 0.05) is 6.54 Å². The molecule has 1 fully saturated rings. The molecule has 0 amide bonds. The van der Waals surface area contributed by atoms with E-state index in [2.05, 4.69) is 39.1 Å². The SMILES string of the molecule is [CH]1CCN(CCCCn2cnc3ccccc32)CC1. The van der Waals surface area contributed by atoms with Crippen LogP contribution in [0.2, 0.25) is 0 Å². The second-order valence-electron chi connectivity index (χ2n) is 5.34. The number of unbranched alkanes of at least 4 members (excludes halogenated alkanes) is 1. The number of benzene rings is 1. The largest absolute Gasteiger partial charge is 0.331 e. The summed E-state index contributed by atoms with van der Waals surface area (Å²) in [6, 6.07) is 8.37. The third kappa shape index (κ3) is 3.16. The van der Waals surface area contributed by atoms with E-state index < -0.39 is 0 Å². The molecule has 0 saturated carbocycles. The smallest absolute Gasteiger partial charge is 0.0958 e. The van der Waals surface area contributed by atoms with E-state index in [9.17, 15) is 0 Å². The first-order chi connectivity index (χ1) is 9.43. The van der Waals surface area contributed by atoms with Crippen molar-refractivity contribution >= 4 is 11.0 Å². The maximum atomic E-state index is 4.44. The molecule has 2 aromatic rings. The Morgan fingerprint density at radius 1 is 1.00 bits per heavy atom. The first-order valence-corrected chi connectivity index (χ1v) is 7.37. The summed E-state index contributed by atoms with van der Waals surface area (Å²) < 4.78 is 2.28. The average molecular weight is 256 g/mol. The van der Waals surface area contributed by atoms with Crippen molar-refractivity contribution in [3.05, 3.63) is 37.0 Å². The topological polar surface area (TPSA) is 21.1 Å². The number of hydrogen-bond acceptors (Lipinski definition) is 2. The fraction of sp³-hybridized carbons (Fsp3) is 0.500. The molecule has 0 N–H and O–H groups in total. The van der Waals surface area contributed by atoms with Crippen molar-refractivity contribution in [2.24, 2.45) is 0 Å². The summed E-state index contributed by atoms with van der Waals surface area (Å²) in [6.07, 6.45) is 9.44. The summed E-state index contributed by atoms with van der Waals surface area (Å²) in [7, 11) is 0. The number of aryl methyl sites for hydroxylation is 1. The maximum Gasteiger partial charge on any atom is 0.0958 e. The zero-order valence-corrected chi connectivity index (χ0v) is 11.5. The van der Waals surface area contributed by atoms with Crippen LogP contribution in [0.5, 0.6) is 0 Å². The van der Waals surface area contributed by atoms with E-state index in [1.807, 2.05) is 12.4 Å². The van der Waals surface area contributed by atoms with Gasteiger partial charge in [0.25, 0.3) is 0 Å². The normalized spacial score (nSPS) is 17.1. The average Bonchev–Trinajstić information content (AvgIpc) is 2.88. The van der Waals surface area contributed by atoms with Crippen molar-refractivity contribution in [1.82, 2.24) is 14.5 Å². The molecule has 2 heterocycles. The number of aromatic nitrogens is 2. The monoisotopic (exact) mass is 256 g/mol. The minimum absolute atomic E-state index is 1.08. The second-order valence-corrected chi connectivity index (χ2v) is 5.34. The molecule has 1 saturated heterocycles. The molecule has 0 aliphatic carbocycles. The predicted octanol–water partition coefficient (Wildman–Crippen LogP) is 3.12. The fourth-order valence-corrected chi connectivity index (χ4v) is 2.83. The Bertz CT molecular complexity index is 511. The lowest BCUT2D eigenvalue weighted by Crippen LogP contribution is -2.30. The third-order valence-corrected chi connectivity index (χ3v) is 3.95. The number of hydrogen-bond donors (Lipinski definition) is 0. The molecule has 1 aromatic heterocycles. The number of piperidine rings is 1. The molecule has 0 bridgehead atoms. The number of para-hydroxylation sites is 2. The lowest BCUT2D eigenvalue weighted by Gasteiger charge is -2.26. The highest BCUT2D eigenvalue weighted by Crippen LogP contribution is 2.13. The standard InChI is InChI=1S/C16H22N3/c1-4-10-18(11-5-1)12-6-7-13-19-14-17-15-8-2-3-9-16(15)19/h1-3,8-9,14H,4-7,10-13H2. The van der Waals surface area contributed by atoms with Gasteiger partial charge in [-0.25, -0.2) is 4.98 Å². The van der Waals surface area contributed by atoms with Crippen molar-refractivity contribution in [2.45, 2.75) is 32.2 Å². The van der Waals surface area contributed by atoms with Crippen molar-refractivity contribution in [2.75, 3.05) is 19.6 Å². The Labute approximate surface area is 115 Å². The summed E-state index contributed by atoms with van der Waals surface area (Å²) in [4.78, 5) is 7.02. The zero-order chi connectivity index (χ0) is 12.9. The molecule has 3 heteroatoms. The molecule has 1 aromatic carbocycles. The first-order valence-electron chi connectivity index (χ1n) is 7.37. The van der Waals surface area contributed by atoms with Crippen molar-refractivity contribution in [3.8, 4) is 0 Å². The molecule has 3 nitrogen and oxygen atoms in total. The van der Waals surface area contributed by atoms with Crippen LogP contribution in [-0.2, 0) is 6.54 Å². The number of rotatable bonds is 5. The van der Waals surface area contributed by atoms with Gasteiger partial charge in [-0.1, -0.05) is 12.1 Å². The molecule has 0 spiro atoms. The Morgan fingerprint density at radius 2 is 1.79 bits per heavy atom. The highest BCUT2D eigenvalue weighted by atomic mass is 15.1. The van der Waals surface area contributed by atoms with E-state index >= 15 is 0 Å². The van der Waals surface area contributed by atoms with Crippen LogP contribution in [0.3, 0.4) is 0 Å². The lowest BCUT2D eigenvalue weighted by molar-refractivity contribution is 0.248. The number of fused-ring (bicyclic) bond motifs is 1. The molecule has 0 atom stereocenters. The second kappa shape index (κ2) is 6.20. The number of imidazole rings is 1. The Morgan fingerprint density at radius 3 is 2.68 bits per heavy atom. The van der Waals surface area contributed by atoms with Crippen LogP contribution in [0.25, 0.3) is 11.0 Å². The minimum atomic E-state index is 1.08. The molecule has 101 valence electrons. The molecule has 3 rings (SSSR count). The van der Waals surface area contributed by atoms with Crippen LogP contribution in [-0.4, -0.2) is 34.1 Å². The van der Waals surface area contributed by atoms with Crippen LogP contribution in [0.1, 0.15) is 25.7 Å². The van der Waals surface area contributed by atoms with Crippen LogP contribution < -0.4 is 0 Å². The summed E-state index contributed by atoms with van der Waals surface area (Å²) >= 11 is 0. The lowest BCUT2D eigenvalue weighted by atomic mass is 10.1. The maximum absolute atomic E-state index is 4.44. The molecule has 1 aliphatic heterocycles. The van der Waals surface area contributed by atoms with Crippen LogP contribution >= 0.6 is 0 Å². The van der Waals surface area contributed by atoms with E-state index in [4.69, 9.17) is 0 Å². The molecular weight excluding hydrogens is 234 g/mol. The van der Waals surface area contributed by atoms with Gasteiger partial charge in [0.2, 0.25) is 0 Å². The highest BCUT2D eigenvalue weighted by Gasteiger charge is 2.09. The van der Waals surface area contributed by atoms with Gasteiger partial charge in [0.1, 0.15) is 0 Å². The van der Waals surface area contributed by atoms with Gasteiger partial charge >= 0.3 is 0 Å². The molecular formula is C16H22N3. The summed E-state index contributed by atoms with van der Waals surface area (Å²) in [6.45, 7) is 4.85. The van der Waals surface area contributed by atoms with E-state index in [1.54, 1.807) is 0 Å². The van der Waals surface area contributed by atoms with Gasteiger partial charge in [-0.3, -0.25) is 0 Å². The van der Waals surface area contributed by atoms with Gasteiger partial charge in [0.05, 0.1) is 17.4 Å².